The van der Waals surface area contributed by atoms with Crippen LogP contribution in [-0.2, 0) is 13.1 Å². The fraction of sp³-hybridized carbons (Fsp3) is 0.167. The van der Waals surface area contributed by atoms with E-state index in [1.807, 2.05) is 42.3 Å². The third-order valence-corrected chi connectivity index (χ3v) is 6.26. The van der Waals surface area contributed by atoms with E-state index in [0.29, 0.717) is 29.5 Å². The largest absolute Gasteiger partial charge is 0.339 e. The molecule has 4 aromatic rings. The minimum atomic E-state index is -0.305. The Morgan fingerprint density at radius 3 is 2.61 bits per heavy atom. The molecule has 31 heavy (non-hydrogen) atoms. The molecule has 2 aromatic heterocycles. The van der Waals surface area contributed by atoms with E-state index >= 15 is 0 Å². The average Bonchev–Trinajstić information content (AvgIpc) is 3.23. The smallest absolute Gasteiger partial charge is 0.253 e. The zero-order valence-corrected chi connectivity index (χ0v) is 18.9. The lowest BCUT2D eigenvalue weighted by molar-refractivity contribution is 0.415. The molecule has 2 N–H and O–H groups in total. The Bertz CT molecular complexity index is 1280. The summed E-state index contributed by atoms with van der Waals surface area (Å²) in [4.78, 5) is 18.9. The van der Waals surface area contributed by atoms with E-state index < -0.39 is 0 Å². The molecule has 158 valence electrons. The highest BCUT2D eigenvalue weighted by molar-refractivity contribution is 7.80. The van der Waals surface area contributed by atoms with Gasteiger partial charge in [0.25, 0.3) is 5.56 Å². The maximum atomic E-state index is 13.2. The van der Waals surface area contributed by atoms with E-state index in [1.165, 1.54) is 12.1 Å². The predicted molar refractivity (Wildman–Crippen MR) is 130 cm³/mol. The summed E-state index contributed by atoms with van der Waals surface area (Å²) in [6.45, 7) is 4.95. The lowest BCUT2D eigenvalue weighted by Crippen LogP contribution is -2.35. The third-order valence-electron chi connectivity index (χ3n) is 5.04. The predicted octanol–water partition coefficient (Wildman–Crippen LogP) is 5.74. The summed E-state index contributed by atoms with van der Waals surface area (Å²) in [5, 5.41) is 6.64. The second-order valence-electron chi connectivity index (χ2n) is 7.54. The maximum absolute atomic E-state index is 13.2. The minimum Gasteiger partial charge on any atom is -0.339 e. The molecule has 0 saturated carbocycles. The lowest BCUT2D eigenvalue weighted by atomic mass is 10.1. The monoisotopic (exact) mass is 451 g/mol. The second kappa shape index (κ2) is 8.99. The van der Waals surface area contributed by atoms with Crippen LogP contribution in [0.5, 0.6) is 0 Å². The van der Waals surface area contributed by atoms with Crippen molar-refractivity contribution in [1.29, 1.82) is 0 Å². The van der Waals surface area contributed by atoms with E-state index in [-0.39, 0.29) is 11.4 Å². The molecular formula is C24H22FN3OS2. The molecule has 0 aliphatic heterocycles. The van der Waals surface area contributed by atoms with E-state index in [9.17, 15) is 9.18 Å². The molecule has 2 aromatic carbocycles. The topological polar surface area (TPSA) is 48.1 Å². The number of aromatic amines is 1. The number of nitrogens with zero attached hydrogens (tertiary/aromatic N) is 1. The molecule has 0 aliphatic rings. The fourth-order valence-corrected chi connectivity index (χ4v) is 4.55. The summed E-state index contributed by atoms with van der Waals surface area (Å²) < 4.78 is 13.2. The molecule has 7 heteroatoms. The SMILES string of the molecule is Cc1cc(C)c2[nH]c(=O)c(CN(Cc3cccs3)C(=S)Nc3ccc(F)cc3)cc2c1. The first-order valence-electron chi connectivity index (χ1n) is 9.86. The highest BCUT2D eigenvalue weighted by atomic mass is 32.1. The Kier molecular flexibility index (Phi) is 6.15. The van der Waals surface area contributed by atoms with Crippen LogP contribution in [0.1, 0.15) is 21.6 Å². The highest BCUT2D eigenvalue weighted by Gasteiger charge is 2.15. The van der Waals surface area contributed by atoms with Gasteiger partial charge in [-0.3, -0.25) is 4.79 Å². The maximum Gasteiger partial charge on any atom is 0.253 e. The number of thiocarbonyl (C=S) groups is 1. The zero-order chi connectivity index (χ0) is 22.0. The van der Waals surface area contributed by atoms with Crippen LogP contribution in [0, 0.1) is 19.7 Å². The zero-order valence-electron chi connectivity index (χ0n) is 17.2. The van der Waals surface area contributed by atoms with Gasteiger partial charge in [0.2, 0.25) is 0 Å². The van der Waals surface area contributed by atoms with E-state index in [2.05, 4.69) is 22.4 Å². The van der Waals surface area contributed by atoms with Gasteiger partial charge in [-0.2, -0.15) is 0 Å². The number of hydrogen-bond donors (Lipinski definition) is 2. The molecule has 0 saturated heterocycles. The summed E-state index contributed by atoms with van der Waals surface area (Å²) in [6, 6.07) is 16.1. The molecule has 0 aliphatic carbocycles. The van der Waals surface area contributed by atoms with Crippen molar-refractivity contribution in [2.24, 2.45) is 0 Å². The Balaban J connectivity index is 1.65. The van der Waals surface area contributed by atoms with Crippen molar-refractivity contribution >= 4 is 45.3 Å². The Hall–Kier alpha value is -3.03. The van der Waals surface area contributed by atoms with Crippen LogP contribution in [-0.4, -0.2) is 15.0 Å². The minimum absolute atomic E-state index is 0.125. The molecule has 0 radical (unpaired) electrons. The van der Waals surface area contributed by atoms with Crippen molar-refractivity contribution in [2.75, 3.05) is 5.32 Å². The quantitative estimate of drug-likeness (QED) is 0.380. The van der Waals surface area contributed by atoms with Gasteiger partial charge in [0.05, 0.1) is 18.6 Å². The third kappa shape index (κ3) is 5.00. The number of fused-ring (bicyclic) bond motifs is 1. The number of thiophene rings is 1. The first-order chi connectivity index (χ1) is 14.9. The van der Waals surface area contributed by atoms with Gasteiger partial charge in [-0.05, 0) is 84.9 Å². The molecule has 0 unspecified atom stereocenters. The second-order valence-corrected chi connectivity index (χ2v) is 8.96. The van der Waals surface area contributed by atoms with Crippen molar-refractivity contribution < 1.29 is 4.39 Å². The first-order valence-corrected chi connectivity index (χ1v) is 11.1. The van der Waals surface area contributed by atoms with Crippen LogP contribution in [0.2, 0.25) is 0 Å². The molecule has 4 nitrogen and oxygen atoms in total. The number of aryl methyl sites for hydroxylation is 2. The summed E-state index contributed by atoms with van der Waals surface area (Å²) in [5.74, 6) is -0.305. The van der Waals surface area contributed by atoms with Crippen molar-refractivity contribution in [3.8, 4) is 0 Å². The van der Waals surface area contributed by atoms with Crippen molar-refractivity contribution in [3.05, 3.63) is 97.7 Å². The Morgan fingerprint density at radius 2 is 1.90 bits per heavy atom. The molecule has 0 bridgehead atoms. The number of nitrogens with one attached hydrogen (secondary N) is 2. The van der Waals surface area contributed by atoms with Crippen LogP contribution < -0.4 is 10.9 Å². The fourth-order valence-electron chi connectivity index (χ4n) is 3.58. The number of anilines is 1. The van der Waals surface area contributed by atoms with Crippen LogP contribution in [0.15, 0.2) is 64.8 Å². The Labute approximate surface area is 189 Å². The summed E-state index contributed by atoms with van der Waals surface area (Å²) >= 11 is 7.29. The van der Waals surface area contributed by atoms with Gasteiger partial charge in [0.15, 0.2) is 5.11 Å². The summed E-state index contributed by atoms with van der Waals surface area (Å²) in [5.41, 5.74) is 4.25. The molecule has 0 spiro atoms. The van der Waals surface area contributed by atoms with E-state index in [4.69, 9.17) is 12.2 Å². The molecule has 0 atom stereocenters. The molecular weight excluding hydrogens is 429 g/mol. The van der Waals surface area contributed by atoms with Crippen LogP contribution in [0.25, 0.3) is 10.9 Å². The van der Waals surface area contributed by atoms with Gasteiger partial charge >= 0.3 is 0 Å². The number of rotatable bonds is 5. The lowest BCUT2D eigenvalue weighted by Gasteiger charge is -2.25. The van der Waals surface area contributed by atoms with Crippen molar-refractivity contribution in [2.45, 2.75) is 26.9 Å². The van der Waals surface area contributed by atoms with E-state index in [0.717, 1.165) is 26.9 Å². The molecule has 2 heterocycles. The Morgan fingerprint density at radius 1 is 1.13 bits per heavy atom. The number of aromatic nitrogens is 1. The van der Waals surface area contributed by atoms with Gasteiger partial charge in [-0.25, -0.2) is 4.39 Å². The van der Waals surface area contributed by atoms with Crippen LogP contribution in [0.4, 0.5) is 10.1 Å². The van der Waals surface area contributed by atoms with Crippen molar-refractivity contribution in [1.82, 2.24) is 9.88 Å². The number of halogens is 1. The van der Waals surface area contributed by atoms with Crippen molar-refractivity contribution in [3.63, 3.8) is 0 Å². The van der Waals surface area contributed by atoms with Gasteiger partial charge in [-0.15, -0.1) is 11.3 Å². The van der Waals surface area contributed by atoms with Crippen LogP contribution in [0.3, 0.4) is 0 Å². The van der Waals surface area contributed by atoms with Gasteiger partial charge < -0.3 is 15.2 Å². The summed E-state index contributed by atoms with van der Waals surface area (Å²) in [6.07, 6.45) is 0. The van der Waals surface area contributed by atoms with Gasteiger partial charge in [0.1, 0.15) is 5.82 Å². The highest BCUT2D eigenvalue weighted by Crippen LogP contribution is 2.20. The summed E-state index contributed by atoms with van der Waals surface area (Å²) in [7, 11) is 0. The van der Waals surface area contributed by atoms with Gasteiger partial charge in [0, 0.05) is 16.1 Å². The number of H-pyrrole nitrogens is 1. The average molecular weight is 452 g/mol. The first kappa shape index (κ1) is 21.2. The molecule has 4 rings (SSSR count). The van der Waals surface area contributed by atoms with Gasteiger partial charge in [-0.1, -0.05) is 17.7 Å². The number of benzene rings is 2. The number of hydrogen-bond acceptors (Lipinski definition) is 3. The normalized spacial score (nSPS) is 10.9. The number of pyridine rings is 1. The standard InChI is InChI=1S/C24H22FN3OS2/c1-15-10-16(2)22-17(11-15)12-18(23(29)27-22)13-28(14-21-4-3-9-31-21)24(30)26-20-7-5-19(25)6-8-20/h3-12H,13-14H2,1-2H3,(H,26,30)(H,27,29). The molecule has 0 fully saturated rings. The van der Waals surface area contributed by atoms with Crippen LogP contribution >= 0.6 is 23.6 Å². The molecule has 0 amide bonds. The van der Waals surface area contributed by atoms with E-state index in [1.54, 1.807) is 23.5 Å².